The Balaban J connectivity index is 2.29. The fourth-order valence-corrected chi connectivity index (χ4v) is 1.89. The van der Waals surface area contributed by atoms with E-state index in [4.69, 9.17) is 9.57 Å². The molecule has 1 rings (SSSR count). The molecule has 1 aliphatic heterocycles. The predicted octanol–water partition coefficient (Wildman–Crippen LogP) is 1.82. The molecule has 0 aliphatic carbocycles. The molecule has 2 amide bonds. The zero-order valence-electron chi connectivity index (χ0n) is 12.4. The summed E-state index contributed by atoms with van der Waals surface area (Å²) in [6.45, 7) is 6.23. The normalized spacial score (nSPS) is 18.2. The van der Waals surface area contributed by atoms with E-state index < -0.39 is 23.7 Å². The number of imide groups is 1. The molecular weight excluding hydrogens is 262 g/mol. The average Bonchev–Trinajstić information content (AvgIpc) is 2.70. The molecular formula is C14H23NO5. The molecule has 0 radical (unpaired) electrons. The summed E-state index contributed by atoms with van der Waals surface area (Å²) < 4.78 is 5.56. The number of hydroxylamine groups is 2. The Kier molecular flexibility index (Phi) is 6.64. The minimum Gasteiger partial charge on any atom is -0.378 e. The van der Waals surface area contributed by atoms with Crippen LogP contribution in [0.15, 0.2) is 0 Å². The minimum absolute atomic E-state index is 0.109. The molecule has 0 N–H and O–H groups in total. The van der Waals surface area contributed by atoms with Gasteiger partial charge in [0.15, 0.2) is 0 Å². The van der Waals surface area contributed by atoms with E-state index in [1.54, 1.807) is 6.92 Å². The Bertz CT molecular complexity index is 353. The maximum absolute atomic E-state index is 11.8. The van der Waals surface area contributed by atoms with Gasteiger partial charge in [0.05, 0.1) is 12.0 Å². The highest BCUT2D eigenvalue weighted by Crippen LogP contribution is 2.15. The molecule has 1 heterocycles. The highest BCUT2D eigenvalue weighted by atomic mass is 16.7. The first-order chi connectivity index (χ1) is 9.45. The van der Waals surface area contributed by atoms with Gasteiger partial charge >= 0.3 is 5.97 Å². The summed E-state index contributed by atoms with van der Waals surface area (Å²) in [6, 6.07) is 0. The molecule has 1 aliphatic rings. The molecule has 6 heteroatoms. The van der Waals surface area contributed by atoms with Crippen LogP contribution in [0.1, 0.15) is 52.9 Å². The number of carbonyl (C=O) groups excluding carboxylic acids is 3. The predicted molar refractivity (Wildman–Crippen MR) is 71.3 cm³/mol. The van der Waals surface area contributed by atoms with Crippen molar-refractivity contribution in [2.24, 2.45) is 5.92 Å². The van der Waals surface area contributed by atoms with Gasteiger partial charge in [-0.25, -0.2) is 4.79 Å². The monoisotopic (exact) mass is 285 g/mol. The maximum Gasteiger partial charge on any atom is 0.336 e. The third-order valence-electron chi connectivity index (χ3n) is 3.24. The lowest BCUT2D eigenvalue weighted by Gasteiger charge is -2.17. The second-order valence-electron chi connectivity index (χ2n) is 5.15. The van der Waals surface area contributed by atoms with E-state index in [1.807, 2.05) is 6.92 Å². The molecule has 1 saturated heterocycles. The molecule has 114 valence electrons. The first-order valence-electron chi connectivity index (χ1n) is 7.14. The van der Waals surface area contributed by atoms with Gasteiger partial charge in [-0.1, -0.05) is 20.3 Å². The molecule has 0 spiro atoms. The molecule has 0 aromatic rings. The van der Waals surface area contributed by atoms with Gasteiger partial charge in [-0.2, -0.15) is 0 Å². The Labute approximate surface area is 119 Å². The lowest BCUT2D eigenvalue weighted by Crippen LogP contribution is -2.34. The van der Waals surface area contributed by atoms with Gasteiger partial charge in [0.1, 0.15) is 0 Å². The van der Waals surface area contributed by atoms with Crippen LogP contribution < -0.4 is 0 Å². The minimum atomic E-state index is -0.569. The largest absolute Gasteiger partial charge is 0.378 e. The van der Waals surface area contributed by atoms with Gasteiger partial charge in [-0.15, -0.1) is 5.06 Å². The van der Waals surface area contributed by atoms with Gasteiger partial charge in [0.25, 0.3) is 11.8 Å². The quantitative estimate of drug-likeness (QED) is 0.636. The van der Waals surface area contributed by atoms with Crippen LogP contribution in [0.4, 0.5) is 0 Å². The van der Waals surface area contributed by atoms with Crippen molar-refractivity contribution in [2.75, 3.05) is 6.61 Å². The first kappa shape index (κ1) is 16.6. The lowest BCUT2D eigenvalue weighted by atomic mass is 10.1. The second-order valence-corrected chi connectivity index (χ2v) is 5.15. The van der Waals surface area contributed by atoms with Crippen LogP contribution in [0.3, 0.4) is 0 Å². The molecule has 20 heavy (non-hydrogen) atoms. The maximum atomic E-state index is 11.8. The van der Waals surface area contributed by atoms with Gasteiger partial charge in [-0.05, 0) is 19.8 Å². The summed E-state index contributed by atoms with van der Waals surface area (Å²) in [5, 5.41) is 0.583. The highest BCUT2D eigenvalue weighted by Gasteiger charge is 2.33. The Hall–Kier alpha value is -1.43. The van der Waals surface area contributed by atoms with Crippen LogP contribution in [-0.4, -0.2) is 35.6 Å². The third kappa shape index (κ3) is 4.92. The number of rotatable bonds is 8. The van der Waals surface area contributed by atoms with Crippen LogP contribution in [0.2, 0.25) is 0 Å². The van der Waals surface area contributed by atoms with Crippen molar-refractivity contribution < 1.29 is 24.0 Å². The van der Waals surface area contributed by atoms with Gasteiger partial charge < -0.3 is 9.57 Å². The number of ether oxygens (including phenoxy) is 1. The number of nitrogens with zero attached hydrogens (tertiary/aromatic N) is 1. The van der Waals surface area contributed by atoms with E-state index in [2.05, 4.69) is 6.92 Å². The number of carbonyl (C=O) groups is 3. The first-order valence-corrected chi connectivity index (χ1v) is 7.14. The summed E-state index contributed by atoms with van der Waals surface area (Å²) in [5.41, 5.74) is 0. The van der Waals surface area contributed by atoms with Crippen molar-refractivity contribution in [3.63, 3.8) is 0 Å². The fraction of sp³-hybridized carbons (Fsp3) is 0.786. The summed E-state index contributed by atoms with van der Waals surface area (Å²) in [5.74, 6) is -1.89. The standard InChI is InChI=1S/C14H23NO5/c1-4-5-11(3)19-9-8-10(2)14(18)20-15-12(16)6-7-13(15)17/h10-11H,4-9H2,1-3H3. The average molecular weight is 285 g/mol. The van der Waals surface area contributed by atoms with Crippen LogP contribution in [0.5, 0.6) is 0 Å². The van der Waals surface area contributed by atoms with Crippen molar-refractivity contribution >= 4 is 17.8 Å². The lowest BCUT2D eigenvalue weighted by molar-refractivity contribution is -0.200. The van der Waals surface area contributed by atoms with E-state index in [-0.39, 0.29) is 18.9 Å². The summed E-state index contributed by atoms with van der Waals surface area (Å²) in [6.07, 6.45) is 2.93. The number of amides is 2. The Morgan fingerprint density at radius 2 is 1.80 bits per heavy atom. The van der Waals surface area contributed by atoms with Crippen molar-refractivity contribution in [3.8, 4) is 0 Å². The van der Waals surface area contributed by atoms with Crippen LogP contribution in [-0.2, 0) is 24.0 Å². The van der Waals surface area contributed by atoms with Crippen molar-refractivity contribution in [2.45, 2.75) is 59.0 Å². The molecule has 2 unspecified atom stereocenters. The fourth-order valence-electron chi connectivity index (χ4n) is 1.89. The van der Waals surface area contributed by atoms with E-state index in [0.29, 0.717) is 18.1 Å². The molecule has 6 nitrogen and oxygen atoms in total. The third-order valence-corrected chi connectivity index (χ3v) is 3.24. The summed E-state index contributed by atoms with van der Waals surface area (Å²) in [7, 11) is 0. The molecule has 0 aromatic heterocycles. The summed E-state index contributed by atoms with van der Waals surface area (Å²) in [4.78, 5) is 39.3. The molecule has 2 atom stereocenters. The van der Waals surface area contributed by atoms with Gasteiger partial charge in [-0.3, -0.25) is 9.59 Å². The highest BCUT2D eigenvalue weighted by molar-refractivity contribution is 6.01. The molecule has 1 fully saturated rings. The Morgan fingerprint density at radius 1 is 1.20 bits per heavy atom. The SMILES string of the molecule is CCCC(C)OCCC(C)C(=O)ON1C(=O)CCC1=O. The number of hydrogen-bond donors (Lipinski definition) is 0. The van der Waals surface area contributed by atoms with E-state index in [9.17, 15) is 14.4 Å². The topological polar surface area (TPSA) is 72.9 Å². The van der Waals surface area contributed by atoms with Gasteiger partial charge in [0, 0.05) is 19.4 Å². The molecule has 0 aromatic carbocycles. The van der Waals surface area contributed by atoms with Crippen molar-refractivity contribution in [3.05, 3.63) is 0 Å². The van der Waals surface area contributed by atoms with E-state index >= 15 is 0 Å². The van der Waals surface area contributed by atoms with Crippen molar-refractivity contribution in [1.29, 1.82) is 0 Å². The van der Waals surface area contributed by atoms with Crippen LogP contribution >= 0.6 is 0 Å². The molecule has 0 saturated carbocycles. The zero-order chi connectivity index (χ0) is 15.1. The number of hydrogen-bond acceptors (Lipinski definition) is 5. The van der Waals surface area contributed by atoms with Crippen LogP contribution in [0.25, 0.3) is 0 Å². The van der Waals surface area contributed by atoms with Gasteiger partial charge in [0.2, 0.25) is 0 Å². The van der Waals surface area contributed by atoms with Crippen molar-refractivity contribution in [1.82, 2.24) is 5.06 Å². The van der Waals surface area contributed by atoms with Crippen LogP contribution in [0, 0.1) is 5.92 Å². The Morgan fingerprint density at radius 3 is 2.35 bits per heavy atom. The van der Waals surface area contributed by atoms with E-state index in [1.165, 1.54) is 0 Å². The zero-order valence-corrected chi connectivity index (χ0v) is 12.4. The summed E-state index contributed by atoms with van der Waals surface area (Å²) >= 11 is 0. The van der Waals surface area contributed by atoms with E-state index in [0.717, 1.165) is 12.8 Å². The second kappa shape index (κ2) is 7.99. The smallest absolute Gasteiger partial charge is 0.336 e. The molecule has 0 bridgehead atoms.